The van der Waals surface area contributed by atoms with E-state index >= 15 is 0 Å². The van der Waals surface area contributed by atoms with Crippen molar-refractivity contribution in [1.82, 2.24) is 0 Å². The number of hydrogen-bond donors (Lipinski definition) is 1. The van der Waals surface area contributed by atoms with Crippen LogP contribution in [0, 0.1) is 5.92 Å². The van der Waals surface area contributed by atoms with E-state index < -0.39 is 5.92 Å². The third-order valence-electron chi connectivity index (χ3n) is 1.75. The molecule has 0 fully saturated rings. The SMILES string of the molecule is O=C1C=CCC(=O)C1CCO. The van der Waals surface area contributed by atoms with Gasteiger partial charge in [0.15, 0.2) is 5.78 Å². The summed E-state index contributed by atoms with van der Waals surface area (Å²) in [5.41, 5.74) is 0. The van der Waals surface area contributed by atoms with E-state index in [9.17, 15) is 9.59 Å². The van der Waals surface area contributed by atoms with Crippen LogP contribution in [0.5, 0.6) is 0 Å². The zero-order valence-electron chi connectivity index (χ0n) is 6.12. The van der Waals surface area contributed by atoms with Gasteiger partial charge in [-0.2, -0.15) is 0 Å². The van der Waals surface area contributed by atoms with Crippen molar-refractivity contribution in [2.24, 2.45) is 5.92 Å². The Morgan fingerprint density at radius 2 is 2.27 bits per heavy atom. The normalized spacial score (nSPS) is 24.3. The molecular weight excluding hydrogens is 144 g/mol. The predicted octanol–water partition coefficient (Wildman–Crippen LogP) is 0.0831. The second-order valence-electron chi connectivity index (χ2n) is 2.54. The van der Waals surface area contributed by atoms with E-state index in [1.807, 2.05) is 0 Å². The van der Waals surface area contributed by atoms with Gasteiger partial charge in [-0.3, -0.25) is 9.59 Å². The van der Waals surface area contributed by atoms with Crippen LogP contribution in [0.15, 0.2) is 12.2 Å². The highest BCUT2D eigenvalue weighted by Gasteiger charge is 2.25. The van der Waals surface area contributed by atoms with Gasteiger partial charge in [0.1, 0.15) is 5.78 Å². The molecule has 0 amide bonds. The smallest absolute Gasteiger partial charge is 0.165 e. The first kappa shape index (κ1) is 8.14. The Bertz CT molecular complexity index is 205. The molecule has 0 saturated carbocycles. The molecule has 3 heteroatoms. The Morgan fingerprint density at radius 3 is 2.82 bits per heavy atom. The summed E-state index contributed by atoms with van der Waals surface area (Å²) in [5, 5.41) is 8.53. The van der Waals surface area contributed by atoms with E-state index in [4.69, 9.17) is 5.11 Å². The second-order valence-corrected chi connectivity index (χ2v) is 2.54. The molecule has 0 aromatic heterocycles. The first-order valence-corrected chi connectivity index (χ1v) is 3.59. The molecule has 1 unspecified atom stereocenters. The number of carbonyl (C=O) groups is 2. The lowest BCUT2D eigenvalue weighted by molar-refractivity contribution is -0.131. The lowest BCUT2D eigenvalue weighted by atomic mass is 9.89. The Labute approximate surface area is 64.7 Å². The molecule has 1 atom stereocenters. The van der Waals surface area contributed by atoms with Crippen LogP contribution in [0.1, 0.15) is 12.8 Å². The maximum absolute atomic E-state index is 11.0. The summed E-state index contributed by atoms with van der Waals surface area (Å²) in [7, 11) is 0. The Hall–Kier alpha value is -0.960. The van der Waals surface area contributed by atoms with Gasteiger partial charge in [0, 0.05) is 13.0 Å². The number of Topliss-reactive ketones (excluding diaryl/α,β-unsaturated/α-hetero) is 1. The quantitative estimate of drug-likeness (QED) is 0.573. The minimum Gasteiger partial charge on any atom is -0.396 e. The molecule has 0 aliphatic heterocycles. The summed E-state index contributed by atoms with van der Waals surface area (Å²) in [4.78, 5) is 22.0. The minimum atomic E-state index is -0.579. The zero-order valence-corrected chi connectivity index (χ0v) is 6.12. The van der Waals surface area contributed by atoms with Gasteiger partial charge >= 0.3 is 0 Å². The van der Waals surface area contributed by atoms with Crippen molar-refractivity contribution in [2.45, 2.75) is 12.8 Å². The molecule has 0 aromatic rings. The molecule has 0 aromatic carbocycles. The molecule has 1 rings (SSSR count). The average molecular weight is 154 g/mol. The van der Waals surface area contributed by atoms with E-state index in [1.165, 1.54) is 6.08 Å². The zero-order chi connectivity index (χ0) is 8.27. The largest absolute Gasteiger partial charge is 0.396 e. The van der Waals surface area contributed by atoms with Gasteiger partial charge in [-0.25, -0.2) is 0 Å². The predicted molar refractivity (Wildman–Crippen MR) is 39.0 cm³/mol. The van der Waals surface area contributed by atoms with Gasteiger partial charge in [-0.15, -0.1) is 0 Å². The molecule has 1 N–H and O–H groups in total. The summed E-state index contributed by atoms with van der Waals surface area (Å²) in [6.07, 6.45) is 3.58. The molecule has 0 bridgehead atoms. The topological polar surface area (TPSA) is 54.4 Å². The number of aliphatic hydroxyl groups is 1. The summed E-state index contributed by atoms with van der Waals surface area (Å²) < 4.78 is 0. The number of ketones is 2. The van der Waals surface area contributed by atoms with E-state index in [2.05, 4.69) is 0 Å². The maximum Gasteiger partial charge on any atom is 0.165 e. The van der Waals surface area contributed by atoms with Crippen LogP contribution in [0.25, 0.3) is 0 Å². The number of hydrogen-bond acceptors (Lipinski definition) is 3. The van der Waals surface area contributed by atoms with Crippen molar-refractivity contribution in [2.75, 3.05) is 6.61 Å². The molecule has 3 nitrogen and oxygen atoms in total. The van der Waals surface area contributed by atoms with E-state index in [1.54, 1.807) is 6.08 Å². The van der Waals surface area contributed by atoms with E-state index in [0.29, 0.717) is 6.42 Å². The van der Waals surface area contributed by atoms with Crippen LogP contribution in [0.4, 0.5) is 0 Å². The fourth-order valence-corrected chi connectivity index (χ4v) is 1.14. The van der Waals surface area contributed by atoms with E-state index in [-0.39, 0.29) is 24.6 Å². The fourth-order valence-electron chi connectivity index (χ4n) is 1.14. The van der Waals surface area contributed by atoms with Crippen LogP contribution < -0.4 is 0 Å². The van der Waals surface area contributed by atoms with Crippen molar-refractivity contribution >= 4 is 11.6 Å². The van der Waals surface area contributed by atoms with Gasteiger partial charge in [-0.1, -0.05) is 6.08 Å². The molecule has 1 aliphatic carbocycles. The summed E-state index contributed by atoms with van der Waals surface area (Å²) in [5.74, 6) is -0.827. The number of rotatable bonds is 2. The van der Waals surface area contributed by atoms with Crippen molar-refractivity contribution < 1.29 is 14.7 Å². The minimum absolute atomic E-state index is 0.0773. The molecule has 11 heavy (non-hydrogen) atoms. The van der Waals surface area contributed by atoms with Gasteiger partial charge in [0.05, 0.1) is 5.92 Å². The molecular formula is C8H10O3. The van der Waals surface area contributed by atoms with Crippen molar-refractivity contribution in [1.29, 1.82) is 0 Å². The van der Waals surface area contributed by atoms with E-state index in [0.717, 1.165) is 0 Å². The number of allylic oxidation sites excluding steroid dienone is 2. The van der Waals surface area contributed by atoms with Gasteiger partial charge in [-0.05, 0) is 12.5 Å². The Kier molecular flexibility index (Phi) is 2.54. The van der Waals surface area contributed by atoms with Crippen molar-refractivity contribution in [3.05, 3.63) is 12.2 Å². The highest BCUT2D eigenvalue weighted by molar-refractivity contribution is 6.10. The lowest BCUT2D eigenvalue weighted by Crippen LogP contribution is -2.26. The fraction of sp³-hybridized carbons (Fsp3) is 0.500. The standard InChI is InChI=1S/C8H10O3/c9-5-4-6-7(10)2-1-3-8(6)11/h1-2,6,9H,3-5H2. The first-order valence-electron chi connectivity index (χ1n) is 3.59. The summed E-state index contributed by atoms with van der Waals surface area (Å²) >= 11 is 0. The molecule has 1 aliphatic rings. The third kappa shape index (κ3) is 1.74. The van der Waals surface area contributed by atoms with Crippen molar-refractivity contribution in [3.63, 3.8) is 0 Å². The Balaban J connectivity index is 2.67. The number of aliphatic hydroxyl groups excluding tert-OH is 1. The molecule has 0 heterocycles. The summed E-state index contributed by atoms with van der Waals surface area (Å²) in [6, 6.07) is 0. The molecule has 0 radical (unpaired) electrons. The molecule has 60 valence electrons. The monoisotopic (exact) mass is 154 g/mol. The van der Waals surface area contributed by atoms with Crippen molar-refractivity contribution in [3.8, 4) is 0 Å². The Morgan fingerprint density at radius 1 is 1.55 bits per heavy atom. The van der Waals surface area contributed by atoms with Crippen LogP contribution in [-0.4, -0.2) is 23.3 Å². The van der Waals surface area contributed by atoms with Crippen LogP contribution >= 0.6 is 0 Å². The van der Waals surface area contributed by atoms with Gasteiger partial charge in [0.25, 0.3) is 0 Å². The number of carbonyl (C=O) groups excluding carboxylic acids is 2. The average Bonchev–Trinajstić information content (AvgIpc) is 1.97. The second kappa shape index (κ2) is 3.44. The van der Waals surface area contributed by atoms with Crippen LogP contribution in [0.3, 0.4) is 0 Å². The maximum atomic E-state index is 11.0. The highest BCUT2D eigenvalue weighted by Crippen LogP contribution is 2.14. The first-order chi connectivity index (χ1) is 5.25. The molecule has 0 saturated heterocycles. The third-order valence-corrected chi connectivity index (χ3v) is 1.75. The molecule has 0 spiro atoms. The summed E-state index contributed by atoms with van der Waals surface area (Å²) in [6.45, 7) is -0.101. The highest BCUT2D eigenvalue weighted by atomic mass is 16.3. The van der Waals surface area contributed by atoms with Gasteiger partial charge in [0.2, 0.25) is 0 Å². The van der Waals surface area contributed by atoms with Gasteiger partial charge < -0.3 is 5.11 Å². The van der Waals surface area contributed by atoms with Crippen LogP contribution in [-0.2, 0) is 9.59 Å². The lowest BCUT2D eigenvalue weighted by Gasteiger charge is -2.13. The van der Waals surface area contributed by atoms with Crippen LogP contribution in [0.2, 0.25) is 0 Å².